The van der Waals surface area contributed by atoms with Crippen molar-refractivity contribution in [2.45, 2.75) is 43.4 Å². The van der Waals surface area contributed by atoms with E-state index in [2.05, 4.69) is 112 Å². The van der Waals surface area contributed by atoms with E-state index in [0.29, 0.717) is 0 Å². The molecular formula is C27H28S. The van der Waals surface area contributed by atoms with Crippen LogP contribution in [-0.4, -0.2) is 0 Å². The summed E-state index contributed by atoms with van der Waals surface area (Å²) in [6, 6.07) is 18.1. The van der Waals surface area contributed by atoms with Gasteiger partial charge in [-0.25, -0.2) is 0 Å². The van der Waals surface area contributed by atoms with Gasteiger partial charge in [0.25, 0.3) is 0 Å². The molecule has 142 valence electrons. The molecule has 0 saturated carbocycles. The molecule has 1 spiro atoms. The van der Waals surface area contributed by atoms with Gasteiger partial charge in [-0.1, -0.05) is 66.8 Å². The fourth-order valence-electron chi connectivity index (χ4n) is 4.42. The topological polar surface area (TPSA) is 0 Å². The Morgan fingerprint density at radius 3 is 2.39 bits per heavy atom. The van der Waals surface area contributed by atoms with Crippen LogP contribution >= 0.6 is 10.0 Å². The Hall–Kier alpha value is -2.51. The minimum atomic E-state index is -1.35. The quantitative estimate of drug-likeness (QED) is 0.358. The Bertz CT molecular complexity index is 1050. The summed E-state index contributed by atoms with van der Waals surface area (Å²) in [4.78, 5) is 6.12. The molecule has 2 aliphatic rings. The lowest BCUT2D eigenvalue weighted by Gasteiger charge is -2.39. The number of rotatable bonds is 5. The molecule has 1 heteroatoms. The predicted molar refractivity (Wildman–Crippen MR) is 126 cm³/mol. The summed E-state index contributed by atoms with van der Waals surface area (Å²) in [6.45, 7) is 6.49. The van der Waals surface area contributed by atoms with E-state index < -0.39 is 10.0 Å². The molecule has 1 atom stereocenters. The van der Waals surface area contributed by atoms with Crippen LogP contribution in [-0.2, 0) is 0 Å². The average Bonchev–Trinajstić information content (AvgIpc) is 3.18. The van der Waals surface area contributed by atoms with E-state index in [4.69, 9.17) is 0 Å². The first-order valence-electron chi connectivity index (χ1n) is 10.1. The molecular weight excluding hydrogens is 356 g/mol. The summed E-state index contributed by atoms with van der Waals surface area (Å²) in [6.07, 6.45) is 18.0. The van der Waals surface area contributed by atoms with Gasteiger partial charge in [-0.2, -0.15) is 0 Å². The summed E-state index contributed by atoms with van der Waals surface area (Å²) in [5, 5.41) is 0. The third-order valence-electron chi connectivity index (χ3n) is 5.62. The third-order valence-corrected chi connectivity index (χ3v) is 9.88. The van der Waals surface area contributed by atoms with Gasteiger partial charge in [-0.05, 0) is 79.5 Å². The van der Waals surface area contributed by atoms with Crippen molar-refractivity contribution in [2.75, 3.05) is 0 Å². The molecule has 2 aromatic carbocycles. The van der Waals surface area contributed by atoms with Crippen LogP contribution in [0.1, 0.15) is 44.7 Å². The van der Waals surface area contributed by atoms with E-state index in [1.54, 1.807) is 4.91 Å². The standard InChI is InChI=1S/C27H28S/c1-4-6-8-15-23-20-22-14-10-12-18-26(22)28(23)25(17-9-7-5-2)21(3)24-16-11-13-19-27(24)28/h4-7,9-14,16-20H,8,15H2,1-3H3/b6-4-,7-5-,17-9-. The summed E-state index contributed by atoms with van der Waals surface area (Å²) in [5.41, 5.74) is 4.25. The lowest BCUT2D eigenvalue weighted by molar-refractivity contribution is 1.04. The van der Waals surface area contributed by atoms with Crippen LogP contribution in [0.3, 0.4) is 0 Å². The molecule has 1 unspecified atom stereocenters. The highest BCUT2D eigenvalue weighted by atomic mass is 32.3. The monoisotopic (exact) mass is 384 g/mol. The minimum absolute atomic E-state index is 1.10. The molecule has 0 saturated heterocycles. The molecule has 4 rings (SSSR count). The molecule has 0 N–H and O–H groups in total. The van der Waals surface area contributed by atoms with Crippen molar-refractivity contribution in [3.8, 4) is 0 Å². The molecule has 2 heterocycles. The number of benzene rings is 2. The number of fused-ring (bicyclic) bond motifs is 4. The van der Waals surface area contributed by atoms with Crippen molar-refractivity contribution < 1.29 is 0 Å². The smallest absolute Gasteiger partial charge is 0.00959 e. The Balaban J connectivity index is 2.00. The van der Waals surface area contributed by atoms with Gasteiger partial charge in [-0.3, -0.25) is 0 Å². The summed E-state index contributed by atoms with van der Waals surface area (Å²) >= 11 is 0. The van der Waals surface area contributed by atoms with Crippen LogP contribution in [0.25, 0.3) is 11.6 Å². The molecule has 0 radical (unpaired) electrons. The highest BCUT2D eigenvalue weighted by Crippen LogP contribution is 2.82. The van der Waals surface area contributed by atoms with Crippen LogP contribution < -0.4 is 0 Å². The van der Waals surface area contributed by atoms with E-state index >= 15 is 0 Å². The van der Waals surface area contributed by atoms with E-state index in [-0.39, 0.29) is 0 Å². The zero-order valence-electron chi connectivity index (χ0n) is 17.0. The summed E-state index contributed by atoms with van der Waals surface area (Å²) in [5.74, 6) is 0. The Morgan fingerprint density at radius 2 is 1.61 bits per heavy atom. The van der Waals surface area contributed by atoms with Crippen molar-refractivity contribution in [1.29, 1.82) is 0 Å². The summed E-state index contributed by atoms with van der Waals surface area (Å²) < 4.78 is 0. The maximum Gasteiger partial charge on any atom is 0.00959 e. The van der Waals surface area contributed by atoms with E-state index in [1.807, 2.05) is 0 Å². The van der Waals surface area contributed by atoms with E-state index in [1.165, 1.54) is 31.4 Å². The number of hydrogen-bond donors (Lipinski definition) is 0. The molecule has 0 nitrogen and oxygen atoms in total. The van der Waals surface area contributed by atoms with Crippen LogP contribution in [0.2, 0.25) is 0 Å². The van der Waals surface area contributed by atoms with Crippen LogP contribution in [0.15, 0.2) is 105 Å². The lowest BCUT2D eigenvalue weighted by Crippen LogP contribution is -2.02. The van der Waals surface area contributed by atoms with Gasteiger partial charge in [0.2, 0.25) is 0 Å². The second-order valence-electron chi connectivity index (χ2n) is 7.24. The third kappa shape index (κ3) is 2.77. The predicted octanol–water partition coefficient (Wildman–Crippen LogP) is 8.50. The van der Waals surface area contributed by atoms with E-state index in [0.717, 1.165) is 12.8 Å². The maximum absolute atomic E-state index is 2.48. The first-order chi connectivity index (χ1) is 13.7. The van der Waals surface area contributed by atoms with Gasteiger partial charge in [0.05, 0.1) is 0 Å². The fraction of sp³-hybridized carbons (Fsp3) is 0.185. The average molecular weight is 385 g/mol. The van der Waals surface area contributed by atoms with Crippen molar-refractivity contribution >= 4 is 21.7 Å². The first-order valence-corrected chi connectivity index (χ1v) is 11.7. The highest BCUT2D eigenvalue weighted by molar-refractivity contribution is 8.40. The molecule has 2 aliphatic heterocycles. The maximum atomic E-state index is 2.48. The Kier molecular flexibility index (Phi) is 5.28. The van der Waals surface area contributed by atoms with Gasteiger partial charge in [0.1, 0.15) is 0 Å². The highest BCUT2D eigenvalue weighted by Gasteiger charge is 2.45. The molecule has 0 aliphatic carbocycles. The van der Waals surface area contributed by atoms with Crippen molar-refractivity contribution in [3.63, 3.8) is 0 Å². The summed E-state index contributed by atoms with van der Waals surface area (Å²) in [7, 11) is -1.35. The SMILES string of the molecule is C/C=C\C=C/C1=C(C)c2ccccc2S12C(CC/C=C\C)=Cc1ccccc12. The van der Waals surface area contributed by atoms with E-state index in [9.17, 15) is 0 Å². The zero-order chi connectivity index (χ0) is 19.6. The molecule has 0 bridgehead atoms. The second-order valence-corrected chi connectivity index (χ2v) is 10.3. The van der Waals surface area contributed by atoms with Crippen molar-refractivity contribution in [1.82, 2.24) is 0 Å². The van der Waals surface area contributed by atoms with Crippen LogP contribution in [0.4, 0.5) is 0 Å². The van der Waals surface area contributed by atoms with Crippen LogP contribution in [0, 0.1) is 0 Å². The van der Waals surface area contributed by atoms with Crippen LogP contribution in [0.5, 0.6) is 0 Å². The van der Waals surface area contributed by atoms with Crippen molar-refractivity contribution in [3.05, 3.63) is 106 Å². The fourth-order valence-corrected chi connectivity index (χ4v) is 9.16. The van der Waals surface area contributed by atoms with Gasteiger partial charge in [0.15, 0.2) is 0 Å². The molecule has 2 aromatic rings. The Labute approximate surface area is 171 Å². The minimum Gasteiger partial charge on any atom is -0.135 e. The molecule has 0 aromatic heterocycles. The number of hydrogen-bond acceptors (Lipinski definition) is 0. The molecule has 0 amide bonds. The number of allylic oxidation sites excluding steroid dienone is 8. The van der Waals surface area contributed by atoms with Gasteiger partial charge >= 0.3 is 0 Å². The lowest BCUT2D eigenvalue weighted by atomic mass is 10.1. The normalized spacial score (nSPS) is 23.0. The van der Waals surface area contributed by atoms with Gasteiger partial charge in [-0.15, -0.1) is 10.0 Å². The molecule has 0 fully saturated rings. The zero-order valence-corrected chi connectivity index (χ0v) is 17.8. The van der Waals surface area contributed by atoms with Crippen molar-refractivity contribution in [2.24, 2.45) is 0 Å². The Morgan fingerprint density at radius 1 is 0.857 bits per heavy atom. The molecule has 28 heavy (non-hydrogen) atoms. The van der Waals surface area contributed by atoms with Gasteiger partial charge < -0.3 is 0 Å². The van der Waals surface area contributed by atoms with Gasteiger partial charge in [0, 0.05) is 14.7 Å². The second kappa shape index (κ2) is 7.85. The first kappa shape index (κ1) is 18.8. The largest absolute Gasteiger partial charge is 0.135 e.